The summed E-state index contributed by atoms with van der Waals surface area (Å²) >= 11 is 1.47. The molecule has 0 aliphatic carbocycles. The molecule has 1 aromatic rings. The third kappa shape index (κ3) is 3.58. The minimum Gasteiger partial charge on any atom is -0.481 e. The summed E-state index contributed by atoms with van der Waals surface area (Å²) in [4.78, 5) is 24.4. The predicted molar refractivity (Wildman–Crippen MR) is 77.7 cm³/mol. The molecule has 1 unspecified atom stereocenters. The van der Waals surface area contributed by atoms with Crippen LogP contribution in [0.5, 0.6) is 0 Å². The largest absolute Gasteiger partial charge is 0.481 e. The highest BCUT2D eigenvalue weighted by Crippen LogP contribution is 2.30. The van der Waals surface area contributed by atoms with Crippen molar-refractivity contribution in [3.05, 3.63) is 22.4 Å². The molecule has 0 spiro atoms. The lowest BCUT2D eigenvalue weighted by Crippen LogP contribution is -2.46. The van der Waals surface area contributed by atoms with E-state index in [9.17, 15) is 9.59 Å². The van der Waals surface area contributed by atoms with Crippen molar-refractivity contribution in [2.75, 3.05) is 13.1 Å². The van der Waals surface area contributed by atoms with Gasteiger partial charge in [-0.2, -0.15) is 0 Å². The minimum absolute atomic E-state index is 0.0429. The molecule has 20 heavy (non-hydrogen) atoms. The molecule has 2 heterocycles. The molecule has 5 nitrogen and oxygen atoms in total. The molecule has 6 heteroatoms. The van der Waals surface area contributed by atoms with Crippen molar-refractivity contribution in [1.29, 1.82) is 0 Å². The van der Waals surface area contributed by atoms with Crippen LogP contribution in [0.25, 0.3) is 0 Å². The zero-order valence-corrected chi connectivity index (χ0v) is 12.3. The number of hydrogen-bond acceptors (Lipinski definition) is 4. The molecule has 1 atom stereocenters. The van der Waals surface area contributed by atoms with E-state index in [0.29, 0.717) is 0 Å². The Morgan fingerprint density at radius 1 is 1.50 bits per heavy atom. The molecule has 110 valence electrons. The zero-order valence-electron chi connectivity index (χ0n) is 11.5. The Labute approximate surface area is 122 Å². The summed E-state index contributed by atoms with van der Waals surface area (Å²) in [5, 5.41) is 17.1. The molecule has 2 rings (SSSR count). The van der Waals surface area contributed by atoms with Gasteiger partial charge in [0.05, 0.1) is 12.5 Å². The second kappa shape index (κ2) is 6.37. The molecular weight excluding hydrogens is 276 g/mol. The number of aliphatic carboxylic acids is 1. The minimum atomic E-state index is -0.904. The van der Waals surface area contributed by atoms with Gasteiger partial charge in [-0.25, -0.2) is 0 Å². The number of piperidine rings is 1. The number of carboxylic acids is 1. The Hall–Kier alpha value is -1.40. The van der Waals surface area contributed by atoms with E-state index in [-0.39, 0.29) is 12.3 Å². The van der Waals surface area contributed by atoms with Crippen LogP contribution in [0, 0.1) is 5.41 Å². The molecule has 1 saturated heterocycles. The van der Waals surface area contributed by atoms with Gasteiger partial charge in [-0.15, -0.1) is 11.3 Å². The number of hydrogen-bond donors (Lipinski definition) is 3. The third-order valence-corrected chi connectivity index (χ3v) is 4.81. The van der Waals surface area contributed by atoms with E-state index in [2.05, 4.69) is 10.6 Å². The van der Waals surface area contributed by atoms with Crippen LogP contribution >= 0.6 is 11.3 Å². The van der Waals surface area contributed by atoms with Crippen molar-refractivity contribution in [3.8, 4) is 0 Å². The lowest BCUT2D eigenvalue weighted by molar-refractivity contribution is -0.138. The van der Waals surface area contributed by atoms with Crippen molar-refractivity contribution < 1.29 is 14.7 Å². The average Bonchev–Trinajstić information content (AvgIpc) is 2.92. The fourth-order valence-electron chi connectivity index (χ4n) is 2.43. The van der Waals surface area contributed by atoms with Crippen molar-refractivity contribution in [3.63, 3.8) is 0 Å². The molecule has 0 aromatic carbocycles. The van der Waals surface area contributed by atoms with Crippen LogP contribution in [0.15, 0.2) is 17.5 Å². The van der Waals surface area contributed by atoms with E-state index < -0.39 is 17.4 Å². The standard InChI is InChI=1S/C14H20N2O3S/c1-14(4-6-15-7-5-14)13(19)16-10(9-12(17)18)11-3-2-8-20-11/h2-3,8,10,15H,4-7,9H2,1H3,(H,16,19)(H,17,18). The molecular formula is C14H20N2O3S. The molecule has 0 saturated carbocycles. The second-order valence-corrected chi connectivity index (χ2v) is 6.43. The summed E-state index contributed by atoms with van der Waals surface area (Å²) in [7, 11) is 0. The fourth-order valence-corrected chi connectivity index (χ4v) is 3.20. The van der Waals surface area contributed by atoms with Gasteiger partial charge >= 0.3 is 5.97 Å². The van der Waals surface area contributed by atoms with Crippen molar-refractivity contribution in [1.82, 2.24) is 10.6 Å². The molecule has 1 aliphatic rings. The van der Waals surface area contributed by atoms with E-state index >= 15 is 0 Å². The van der Waals surface area contributed by atoms with Crippen LogP contribution in [-0.2, 0) is 9.59 Å². The number of thiophene rings is 1. The van der Waals surface area contributed by atoms with Crippen LogP contribution in [0.3, 0.4) is 0 Å². The van der Waals surface area contributed by atoms with Crippen LogP contribution in [0.1, 0.15) is 37.1 Å². The molecule has 1 fully saturated rings. The smallest absolute Gasteiger partial charge is 0.305 e. The van der Waals surface area contributed by atoms with Crippen molar-refractivity contribution >= 4 is 23.2 Å². The predicted octanol–water partition coefficient (Wildman–Crippen LogP) is 1.77. The van der Waals surface area contributed by atoms with Gasteiger partial charge < -0.3 is 15.7 Å². The van der Waals surface area contributed by atoms with E-state index in [1.807, 2.05) is 24.4 Å². The Kier molecular flexibility index (Phi) is 4.77. The Bertz CT molecular complexity index is 467. The summed E-state index contributed by atoms with van der Waals surface area (Å²) in [5.41, 5.74) is -0.404. The van der Waals surface area contributed by atoms with Crippen LogP contribution < -0.4 is 10.6 Å². The molecule has 1 aromatic heterocycles. The van der Waals surface area contributed by atoms with Gasteiger partial charge in [-0.1, -0.05) is 13.0 Å². The van der Waals surface area contributed by atoms with Crippen LogP contribution in [-0.4, -0.2) is 30.1 Å². The SMILES string of the molecule is CC1(C(=O)NC(CC(=O)O)c2cccs2)CCNCC1. The highest BCUT2D eigenvalue weighted by Gasteiger charge is 2.36. The summed E-state index contributed by atoms with van der Waals surface area (Å²) < 4.78 is 0. The topological polar surface area (TPSA) is 78.4 Å². The van der Waals surface area contributed by atoms with E-state index in [1.165, 1.54) is 11.3 Å². The maximum absolute atomic E-state index is 12.5. The molecule has 1 amide bonds. The first kappa shape index (κ1) is 15.0. The number of nitrogens with one attached hydrogen (secondary N) is 2. The molecule has 1 aliphatic heterocycles. The first-order valence-corrected chi connectivity index (χ1v) is 7.66. The first-order chi connectivity index (χ1) is 9.51. The summed E-state index contributed by atoms with van der Waals surface area (Å²) in [6, 6.07) is 3.29. The first-order valence-electron chi connectivity index (χ1n) is 6.78. The quantitative estimate of drug-likeness (QED) is 0.774. The van der Waals surface area contributed by atoms with E-state index in [1.54, 1.807) is 0 Å². The van der Waals surface area contributed by atoms with Crippen molar-refractivity contribution in [2.45, 2.75) is 32.2 Å². The highest BCUT2D eigenvalue weighted by atomic mass is 32.1. The molecule has 0 bridgehead atoms. The maximum Gasteiger partial charge on any atom is 0.305 e. The number of carbonyl (C=O) groups excluding carboxylic acids is 1. The number of carbonyl (C=O) groups is 2. The molecule has 3 N–H and O–H groups in total. The summed E-state index contributed by atoms with van der Waals surface area (Å²) in [6.45, 7) is 3.61. The van der Waals surface area contributed by atoms with Gasteiger partial charge in [0.15, 0.2) is 0 Å². The Morgan fingerprint density at radius 3 is 2.75 bits per heavy atom. The normalized spacial score (nSPS) is 19.2. The van der Waals surface area contributed by atoms with Gasteiger partial charge in [0.2, 0.25) is 5.91 Å². The van der Waals surface area contributed by atoms with Gasteiger partial charge in [-0.05, 0) is 37.4 Å². The fraction of sp³-hybridized carbons (Fsp3) is 0.571. The maximum atomic E-state index is 12.5. The van der Waals surface area contributed by atoms with Gasteiger partial charge in [0.1, 0.15) is 0 Å². The summed E-state index contributed by atoms with van der Waals surface area (Å²) in [5.74, 6) is -0.946. The number of amides is 1. The number of carboxylic acid groups (broad SMARTS) is 1. The molecule has 0 radical (unpaired) electrons. The Balaban J connectivity index is 2.07. The van der Waals surface area contributed by atoms with Crippen LogP contribution in [0.2, 0.25) is 0 Å². The second-order valence-electron chi connectivity index (χ2n) is 5.45. The highest BCUT2D eigenvalue weighted by molar-refractivity contribution is 7.10. The van der Waals surface area contributed by atoms with Gasteiger partial charge in [0, 0.05) is 10.3 Å². The monoisotopic (exact) mass is 296 g/mol. The van der Waals surface area contributed by atoms with Gasteiger partial charge in [0.25, 0.3) is 0 Å². The van der Waals surface area contributed by atoms with E-state index in [4.69, 9.17) is 5.11 Å². The lowest BCUT2D eigenvalue weighted by Gasteiger charge is -2.33. The third-order valence-electron chi connectivity index (χ3n) is 3.83. The van der Waals surface area contributed by atoms with Crippen LogP contribution in [0.4, 0.5) is 0 Å². The Morgan fingerprint density at radius 2 is 2.20 bits per heavy atom. The lowest BCUT2D eigenvalue weighted by atomic mass is 9.80. The van der Waals surface area contributed by atoms with Gasteiger partial charge in [-0.3, -0.25) is 9.59 Å². The number of rotatable bonds is 5. The summed E-state index contributed by atoms with van der Waals surface area (Å²) in [6.07, 6.45) is 1.48. The average molecular weight is 296 g/mol. The van der Waals surface area contributed by atoms with E-state index in [0.717, 1.165) is 30.8 Å². The zero-order chi connectivity index (χ0) is 14.6. The van der Waals surface area contributed by atoms with Crippen molar-refractivity contribution in [2.24, 2.45) is 5.41 Å².